The zero-order chi connectivity index (χ0) is 13.0. The van der Waals surface area contributed by atoms with Gasteiger partial charge in [0, 0.05) is 11.0 Å². The molecule has 0 spiro atoms. The first-order valence-corrected chi connectivity index (χ1v) is 7.32. The van der Waals surface area contributed by atoms with E-state index in [-0.39, 0.29) is 5.78 Å². The van der Waals surface area contributed by atoms with E-state index in [0.29, 0.717) is 6.54 Å². The molecule has 4 heteroatoms. The van der Waals surface area contributed by atoms with Crippen molar-refractivity contribution in [2.24, 2.45) is 0 Å². The van der Waals surface area contributed by atoms with Crippen molar-refractivity contribution >= 4 is 33.0 Å². The number of hydrogen-bond donors (Lipinski definition) is 0. The second-order valence-electron chi connectivity index (χ2n) is 4.20. The molecule has 1 aromatic carbocycles. The summed E-state index contributed by atoms with van der Waals surface area (Å²) < 4.78 is 1.07. The van der Waals surface area contributed by atoms with E-state index in [1.54, 1.807) is 0 Å². The normalized spacial score (nSPS) is 10.8. The molecule has 0 aliphatic heterocycles. The third kappa shape index (κ3) is 3.77. The van der Waals surface area contributed by atoms with Crippen LogP contribution >= 0.6 is 27.3 Å². The highest BCUT2D eigenvalue weighted by Crippen LogP contribution is 2.13. The molecule has 0 aliphatic rings. The van der Waals surface area contributed by atoms with Crippen LogP contribution in [0.4, 0.5) is 0 Å². The van der Waals surface area contributed by atoms with Gasteiger partial charge in [0.15, 0.2) is 5.78 Å². The van der Waals surface area contributed by atoms with Crippen LogP contribution in [0.2, 0.25) is 0 Å². The molecule has 0 bridgehead atoms. The van der Waals surface area contributed by atoms with Crippen molar-refractivity contribution < 1.29 is 4.79 Å². The summed E-state index contributed by atoms with van der Waals surface area (Å²) in [5, 5.41) is 1.93. The molecule has 0 saturated heterocycles. The van der Waals surface area contributed by atoms with Crippen LogP contribution in [0.15, 0.2) is 46.3 Å². The molecule has 0 atom stereocenters. The van der Waals surface area contributed by atoms with E-state index in [2.05, 4.69) is 28.1 Å². The Balaban J connectivity index is 1.90. The maximum atomic E-state index is 11.9. The fourth-order valence-electron chi connectivity index (χ4n) is 1.72. The molecule has 0 radical (unpaired) electrons. The average Bonchev–Trinajstić information content (AvgIpc) is 2.85. The number of carbonyl (C=O) groups is 1. The Kier molecular flexibility index (Phi) is 4.69. The van der Waals surface area contributed by atoms with E-state index in [0.717, 1.165) is 15.9 Å². The number of benzene rings is 1. The molecule has 0 saturated carbocycles. The third-order valence-electron chi connectivity index (χ3n) is 2.58. The summed E-state index contributed by atoms with van der Waals surface area (Å²) in [6, 6.07) is 12.0. The lowest BCUT2D eigenvalue weighted by Gasteiger charge is -2.15. The first kappa shape index (κ1) is 13.5. The minimum Gasteiger partial charge on any atom is -0.295 e. The van der Waals surface area contributed by atoms with Crippen LogP contribution in [-0.2, 0) is 6.54 Å². The van der Waals surface area contributed by atoms with Crippen LogP contribution in [0.3, 0.4) is 0 Å². The molecule has 0 fully saturated rings. The van der Waals surface area contributed by atoms with Crippen molar-refractivity contribution in [1.29, 1.82) is 0 Å². The molecule has 0 aliphatic carbocycles. The fourth-order valence-corrected chi connectivity index (χ4v) is 2.64. The predicted molar refractivity (Wildman–Crippen MR) is 79.1 cm³/mol. The molecule has 1 aromatic heterocycles. The lowest BCUT2D eigenvalue weighted by atomic mass is 10.2. The van der Waals surface area contributed by atoms with Gasteiger partial charge in [0.1, 0.15) is 0 Å². The Hall–Kier alpha value is -0.970. The van der Waals surface area contributed by atoms with Gasteiger partial charge in [0.05, 0.1) is 11.4 Å². The van der Waals surface area contributed by atoms with Crippen molar-refractivity contribution in [2.75, 3.05) is 13.6 Å². The summed E-state index contributed by atoms with van der Waals surface area (Å²) in [7, 11) is 1.97. The van der Waals surface area contributed by atoms with E-state index < -0.39 is 0 Å². The molecule has 0 amide bonds. The summed E-state index contributed by atoms with van der Waals surface area (Å²) in [4.78, 5) is 14.8. The Bertz CT molecular complexity index is 507. The largest absolute Gasteiger partial charge is 0.295 e. The SMILES string of the molecule is CN(CC(=O)c1cccs1)Cc1ccc(Br)cc1. The maximum absolute atomic E-state index is 11.9. The van der Waals surface area contributed by atoms with E-state index >= 15 is 0 Å². The Labute approximate surface area is 119 Å². The summed E-state index contributed by atoms with van der Waals surface area (Å²) in [6.07, 6.45) is 0. The van der Waals surface area contributed by atoms with Gasteiger partial charge < -0.3 is 0 Å². The zero-order valence-electron chi connectivity index (χ0n) is 10.1. The molecule has 18 heavy (non-hydrogen) atoms. The number of likely N-dealkylation sites (N-methyl/N-ethyl adjacent to an activating group) is 1. The first-order valence-electron chi connectivity index (χ1n) is 5.65. The molecule has 94 valence electrons. The number of Topliss-reactive ketones (excluding diaryl/α,β-unsaturated/α-hetero) is 1. The summed E-state index contributed by atoms with van der Waals surface area (Å²) >= 11 is 4.91. The molecule has 0 N–H and O–H groups in total. The highest BCUT2D eigenvalue weighted by atomic mass is 79.9. The van der Waals surface area contributed by atoms with E-state index in [1.807, 2.05) is 41.6 Å². The topological polar surface area (TPSA) is 20.3 Å². The summed E-state index contributed by atoms with van der Waals surface area (Å²) in [6.45, 7) is 1.24. The van der Waals surface area contributed by atoms with Crippen LogP contribution in [0, 0.1) is 0 Å². The van der Waals surface area contributed by atoms with Crippen LogP contribution in [0.1, 0.15) is 15.2 Å². The van der Waals surface area contributed by atoms with Gasteiger partial charge in [-0.25, -0.2) is 0 Å². The molecule has 2 aromatic rings. The molecular formula is C14H14BrNOS. The quantitative estimate of drug-likeness (QED) is 0.779. The Morgan fingerprint density at radius 2 is 2.00 bits per heavy atom. The third-order valence-corrected chi connectivity index (χ3v) is 4.01. The van der Waals surface area contributed by atoms with Crippen LogP contribution < -0.4 is 0 Å². The minimum absolute atomic E-state index is 0.185. The molecule has 0 unspecified atom stereocenters. The lowest BCUT2D eigenvalue weighted by molar-refractivity contribution is 0.0947. The van der Waals surface area contributed by atoms with Gasteiger partial charge >= 0.3 is 0 Å². The highest BCUT2D eigenvalue weighted by molar-refractivity contribution is 9.10. The minimum atomic E-state index is 0.185. The maximum Gasteiger partial charge on any atom is 0.186 e. The second kappa shape index (κ2) is 6.27. The highest BCUT2D eigenvalue weighted by Gasteiger charge is 2.10. The fraction of sp³-hybridized carbons (Fsp3) is 0.214. The molecular weight excluding hydrogens is 310 g/mol. The van der Waals surface area contributed by atoms with Gasteiger partial charge in [0.25, 0.3) is 0 Å². The van der Waals surface area contributed by atoms with Gasteiger partial charge in [-0.2, -0.15) is 0 Å². The van der Waals surface area contributed by atoms with Crippen molar-refractivity contribution in [1.82, 2.24) is 4.90 Å². The number of ketones is 1. The monoisotopic (exact) mass is 323 g/mol. The molecule has 2 rings (SSSR count). The van der Waals surface area contributed by atoms with Gasteiger partial charge in [-0.3, -0.25) is 9.69 Å². The smallest absolute Gasteiger partial charge is 0.186 e. The van der Waals surface area contributed by atoms with E-state index in [4.69, 9.17) is 0 Å². The van der Waals surface area contributed by atoms with Crippen molar-refractivity contribution in [3.05, 3.63) is 56.7 Å². The number of thiophene rings is 1. The zero-order valence-corrected chi connectivity index (χ0v) is 12.5. The number of halogens is 1. The van der Waals surface area contributed by atoms with Crippen LogP contribution in [0.25, 0.3) is 0 Å². The average molecular weight is 324 g/mol. The van der Waals surface area contributed by atoms with Gasteiger partial charge in [0.2, 0.25) is 0 Å². The van der Waals surface area contributed by atoms with Gasteiger partial charge in [-0.05, 0) is 36.2 Å². The van der Waals surface area contributed by atoms with Gasteiger partial charge in [-0.15, -0.1) is 11.3 Å². The molecule has 1 heterocycles. The van der Waals surface area contributed by atoms with Gasteiger partial charge in [-0.1, -0.05) is 34.1 Å². The standard InChI is InChI=1S/C14H14BrNOS/c1-16(9-11-4-6-12(15)7-5-11)10-13(17)14-3-2-8-18-14/h2-8H,9-10H2,1H3. The lowest BCUT2D eigenvalue weighted by Crippen LogP contribution is -2.25. The van der Waals surface area contributed by atoms with Crippen LogP contribution in [-0.4, -0.2) is 24.3 Å². The predicted octanol–water partition coefficient (Wildman–Crippen LogP) is 3.83. The van der Waals surface area contributed by atoms with Crippen molar-refractivity contribution in [3.63, 3.8) is 0 Å². The number of nitrogens with zero attached hydrogens (tertiary/aromatic N) is 1. The second-order valence-corrected chi connectivity index (χ2v) is 6.06. The van der Waals surface area contributed by atoms with Crippen LogP contribution in [0.5, 0.6) is 0 Å². The summed E-state index contributed by atoms with van der Waals surface area (Å²) in [5.41, 5.74) is 1.21. The number of hydrogen-bond acceptors (Lipinski definition) is 3. The Morgan fingerprint density at radius 3 is 2.61 bits per heavy atom. The Morgan fingerprint density at radius 1 is 1.28 bits per heavy atom. The van der Waals surface area contributed by atoms with Crippen molar-refractivity contribution in [2.45, 2.75) is 6.54 Å². The van der Waals surface area contributed by atoms with E-state index in [9.17, 15) is 4.79 Å². The number of carbonyl (C=O) groups excluding carboxylic acids is 1. The molecule has 2 nitrogen and oxygen atoms in total. The summed E-state index contributed by atoms with van der Waals surface area (Å²) in [5.74, 6) is 0.185. The van der Waals surface area contributed by atoms with E-state index in [1.165, 1.54) is 16.9 Å². The number of rotatable bonds is 5. The van der Waals surface area contributed by atoms with Crippen molar-refractivity contribution in [3.8, 4) is 0 Å². The first-order chi connectivity index (χ1) is 8.65.